The van der Waals surface area contributed by atoms with Crippen molar-refractivity contribution in [3.8, 4) is 0 Å². The molecule has 0 spiro atoms. The zero-order valence-electron chi connectivity index (χ0n) is 13.8. The zero-order valence-corrected chi connectivity index (χ0v) is 13.8. The van der Waals surface area contributed by atoms with Crippen molar-refractivity contribution in [3.63, 3.8) is 0 Å². The van der Waals surface area contributed by atoms with Crippen LogP contribution in [0.3, 0.4) is 0 Å². The summed E-state index contributed by atoms with van der Waals surface area (Å²) in [5.41, 5.74) is 2.52. The Balaban J connectivity index is 1.67. The van der Waals surface area contributed by atoms with Crippen LogP contribution in [-0.4, -0.2) is 44.8 Å². The fourth-order valence-corrected chi connectivity index (χ4v) is 2.93. The minimum absolute atomic E-state index is 0.0775. The molecule has 122 valence electrons. The van der Waals surface area contributed by atoms with Gasteiger partial charge in [0.25, 0.3) is 5.91 Å². The van der Waals surface area contributed by atoms with Gasteiger partial charge in [-0.15, -0.1) is 0 Å². The van der Waals surface area contributed by atoms with Crippen LogP contribution in [0, 0.1) is 13.8 Å². The lowest BCUT2D eigenvalue weighted by atomic mass is 10.1. The van der Waals surface area contributed by atoms with Gasteiger partial charge >= 0.3 is 0 Å². The largest absolute Gasteiger partial charge is 0.347 e. The molecule has 3 heterocycles. The predicted octanol–water partition coefficient (Wildman–Crippen LogP) is 1.23. The molecule has 1 fully saturated rings. The van der Waals surface area contributed by atoms with Crippen molar-refractivity contribution >= 4 is 11.9 Å². The first-order valence-electron chi connectivity index (χ1n) is 7.88. The molecule has 0 bridgehead atoms. The van der Waals surface area contributed by atoms with Gasteiger partial charge in [0.2, 0.25) is 5.95 Å². The van der Waals surface area contributed by atoms with E-state index in [9.17, 15) is 4.79 Å². The normalized spacial score (nSPS) is 18.0. The fourth-order valence-electron chi connectivity index (χ4n) is 2.93. The summed E-state index contributed by atoms with van der Waals surface area (Å²) in [6.45, 7) is 5.60. The van der Waals surface area contributed by atoms with Gasteiger partial charge in [-0.3, -0.25) is 9.48 Å². The van der Waals surface area contributed by atoms with Gasteiger partial charge in [-0.05, 0) is 32.8 Å². The highest BCUT2D eigenvalue weighted by atomic mass is 16.1. The predicted molar refractivity (Wildman–Crippen MR) is 87.4 cm³/mol. The van der Waals surface area contributed by atoms with E-state index in [1.165, 1.54) is 0 Å². The average Bonchev–Trinajstić information content (AvgIpc) is 2.93. The number of carbonyl (C=O) groups is 1. The Morgan fingerprint density at radius 3 is 2.70 bits per heavy atom. The monoisotopic (exact) mass is 314 g/mol. The van der Waals surface area contributed by atoms with Gasteiger partial charge < -0.3 is 10.2 Å². The molecular weight excluding hydrogens is 292 g/mol. The Morgan fingerprint density at radius 2 is 2.04 bits per heavy atom. The molecule has 1 saturated heterocycles. The van der Waals surface area contributed by atoms with E-state index in [4.69, 9.17) is 0 Å². The number of nitrogens with zero attached hydrogens (tertiary/aromatic N) is 5. The molecule has 3 rings (SSSR count). The van der Waals surface area contributed by atoms with Crippen LogP contribution in [0.5, 0.6) is 0 Å². The van der Waals surface area contributed by atoms with E-state index in [-0.39, 0.29) is 11.9 Å². The molecule has 1 unspecified atom stereocenters. The zero-order chi connectivity index (χ0) is 16.4. The second kappa shape index (κ2) is 6.36. The molecule has 7 nitrogen and oxygen atoms in total. The number of nitrogens with one attached hydrogen (secondary N) is 1. The Hall–Kier alpha value is -2.44. The van der Waals surface area contributed by atoms with Gasteiger partial charge in [0.05, 0.1) is 11.8 Å². The summed E-state index contributed by atoms with van der Waals surface area (Å²) in [5.74, 6) is 0.675. The third-order valence-electron chi connectivity index (χ3n) is 3.98. The SMILES string of the molecule is Cc1cc(C)nc(N2CCCC(NC(=O)c3cnn(C)c3)C2)n1. The number of rotatable bonds is 3. The van der Waals surface area contributed by atoms with Gasteiger partial charge in [-0.1, -0.05) is 0 Å². The van der Waals surface area contributed by atoms with Crippen molar-refractivity contribution in [2.45, 2.75) is 32.7 Å². The van der Waals surface area contributed by atoms with Crippen molar-refractivity contribution in [1.82, 2.24) is 25.1 Å². The standard InChI is InChI=1S/C16H22N6O/c1-11-7-12(2)19-16(18-11)22-6-4-5-14(10-22)20-15(23)13-8-17-21(3)9-13/h7-9,14H,4-6,10H2,1-3H3,(H,20,23). The Kier molecular flexibility index (Phi) is 4.27. The van der Waals surface area contributed by atoms with Crippen LogP contribution in [0.2, 0.25) is 0 Å². The topological polar surface area (TPSA) is 75.9 Å². The van der Waals surface area contributed by atoms with Crippen LogP contribution in [0.4, 0.5) is 5.95 Å². The van der Waals surface area contributed by atoms with Crippen LogP contribution >= 0.6 is 0 Å². The summed E-state index contributed by atoms with van der Waals surface area (Å²) < 4.78 is 1.63. The summed E-state index contributed by atoms with van der Waals surface area (Å²) >= 11 is 0. The number of aryl methyl sites for hydroxylation is 3. The number of hydrogen-bond donors (Lipinski definition) is 1. The number of hydrogen-bond acceptors (Lipinski definition) is 5. The van der Waals surface area contributed by atoms with E-state index < -0.39 is 0 Å². The highest BCUT2D eigenvalue weighted by molar-refractivity contribution is 5.93. The lowest BCUT2D eigenvalue weighted by molar-refractivity contribution is 0.0933. The van der Waals surface area contributed by atoms with Crippen LogP contribution in [0.1, 0.15) is 34.6 Å². The number of aromatic nitrogens is 4. The minimum atomic E-state index is -0.0775. The second-order valence-corrected chi connectivity index (χ2v) is 6.11. The minimum Gasteiger partial charge on any atom is -0.347 e. The van der Waals surface area contributed by atoms with Crippen molar-refractivity contribution in [3.05, 3.63) is 35.4 Å². The molecule has 0 saturated carbocycles. The fraction of sp³-hybridized carbons (Fsp3) is 0.500. The Morgan fingerprint density at radius 1 is 1.30 bits per heavy atom. The van der Waals surface area contributed by atoms with E-state index >= 15 is 0 Å². The number of amides is 1. The Labute approximate surface area is 135 Å². The van der Waals surface area contributed by atoms with E-state index in [0.29, 0.717) is 5.56 Å². The third-order valence-corrected chi connectivity index (χ3v) is 3.98. The smallest absolute Gasteiger partial charge is 0.254 e. The summed E-state index contributed by atoms with van der Waals surface area (Å²) in [7, 11) is 1.80. The first-order valence-corrected chi connectivity index (χ1v) is 7.88. The maximum atomic E-state index is 12.3. The Bertz CT molecular complexity index is 690. The third kappa shape index (κ3) is 3.67. The number of piperidine rings is 1. The highest BCUT2D eigenvalue weighted by Crippen LogP contribution is 2.17. The summed E-state index contributed by atoms with van der Waals surface area (Å²) in [5, 5.41) is 7.13. The molecule has 2 aromatic rings. The molecular formula is C16H22N6O. The number of carbonyl (C=O) groups excluding carboxylic acids is 1. The highest BCUT2D eigenvalue weighted by Gasteiger charge is 2.24. The number of anilines is 1. The molecule has 0 aromatic carbocycles. The van der Waals surface area contributed by atoms with Crippen molar-refractivity contribution in [2.75, 3.05) is 18.0 Å². The quantitative estimate of drug-likeness (QED) is 0.922. The van der Waals surface area contributed by atoms with Crippen molar-refractivity contribution < 1.29 is 4.79 Å². The molecule has 1 aliphatic heterocycles. The van der Waals surface area contributed by atoms with Gasteiger partial charge in [0, 0.05) is 43.8 Å². The lowest BCUT2D eigenvalue weighted by Crippen LogP contribution is -2.48. The molecule has 23 heavy (non-hydrogen) atoms. The molecule has 7 heteroatoms. The van der Waals surface area contributed by atoms with Crippen molar-refractivity contribution in [2.24, 2.45) is 7.05 Å². The maximum Gasteiger partial charge on any atom is 0.254 e. The van der Waals surface area contributed by atoms with Crippen LogP contribution in [-0.2, 0) is 7.05 Å². The second-order valence-electron chi connectivity index (χ2n) is 6.11. The van der Waals surface area contributed by atoms with E-state index in [1.807, 2.05) is 19.9 Å². The summed E-state index contributed by atoms with van der Waals surface area (Å²) in [6.07, 6.45) is 5.29. The first kappa shape index (κ1) is 15.5. The van der Waals surface area contributed by atoms with Gasteiger partial charge in [0.1, 0.15) is 0 Å². The summed E-state index contributed by atoms with van der Waals surface area (Å²) in [4.78, 5) is 23.5. The molecule has 0 aliphatic carbocycles. The molecule has 1 aliphatic rings. The first-order chi connectivity index (χ1) is 11.0. The van der Waals surface area contributed by atoms with Gasteiger partial charge in [-0.25, -0.2) is 9.97 Å². The van der Waals surface area contributed by atoms with Crippen LogP contribution in [0.15, 0.2) is 18.5 Å². The molecule has 1 amide bonds. The average molecular weight is 314 g/mol. The molecule has 1 N–H and O–H groups in total. The molecule has 2 aromatic heterocycles. The van der Waals surface area contributed by atoms with E-state index in [0.717, 1.165) is 43.3 Å². The van der Waals surface area contributed by atoms with Gasteiger partial charge in [-0.2, -0.15) is 5.10 Å². The van der Waals surface area contributed by atoms with Gasteiger partial charge in [0.15, 0.2) is 0 Å². The molecule has 1 atom stereocenters. The summed E-state index contributed by atoms with van der Waals surface area (Å²) in [6, 6.07) is 2.07. The van der Waals surface area contributed by atoms with Crippen LogP contribution in [0.25, 0.3) is 0 Å². The van der Waals surface area contributed by atoms with E-state index in [2.05, 4.69) is 25.3 Å². The van der Waals surface area contributed by atoms with Crippen molar-refractivity contribution in [1.29, 1.82) is 0 Å². The lowest BCUT2D eigenvalue weighted by Gasteiger charge is -2.33. The molecule has 0 radical (unpaired) electrons. The maximum absolute atomic E-state index is 12.3. The van der Waals surface area contributed by atoms with Crippen LogP contribution < -0.4 is 10.2 Å². The van der Waals surface area contributed by atoms with E-state index in [1.54, 1.807) is 24.1 Å².